The van der Waals surface area contributed by atoms with Crippen molar-refractivity contribution in [3.05, 3.63) is 29.8 Å². The molecule has 0 amide bonds. The lowest BCUT2D eigenvalue weighted by Gasteiger charge is -2.13. The predicted octanol–water partition coefficient (Wildman–Crippen LogP) is 2.94. The highest BCUT2D eigenvalue weighted by Gasteiger charge is 2.17. The predicted molar refractivity (Wildman–Crippen MR) is 84.4 cm³/mol. The first-order chi connectivity index (χ1) is 8.87. The zero-order chi connectivity index (χ0) is 14.0. The maximum atomic E-state index is 6.09. The molecule has 0 atom stereocenters. The summed E-state index contributed by atoms with van der Waals surface area (Å²) in [7, 11) is -1.11. The zero-order valence-electron chi connectivity index (χ0n) is 11.8. The molecule has 0 spiro atoms. The number of rotatable bonds is 4. The van der Waals surface area contributed by atoms with E-state index in [0.29, 0.717) is 0 Å². The van der Waals surface area contributed by atoms with Crippen LogP contribution in [0.2, 0.25) is 19.6 Å². The normalized spacial score (nSPS) is 11.8. The number of hydrogen-bond donors (Lipinski definition) is 1. The Hall–Kier alpha value is -1.27. The van der Waals surface area contributed by atoms with Crippen molar-refractivity contribution in [3.8, 4) is 11.4 Å². The third-order valence-corrected chi connectivity index (χ3v) is 7.19. The van der Waals surface area contributed by atoms with Crippen molar-refractivity contribution in [1.82, 2.24) is 14.9 Å². The number of nitrogens with zero attached hydrogens (tertiary/aromatic N) is 3. The van der Waals surface area contributed by atoms with Crippen molar-refractivity contribution in [3.63, 3.8) is 0 Å². The lowest BCUT2D eigenvalue weighted by atomic mass is 10.1. The third kappa shape index (κ3) is 3.60. The van der Waals surface area contributed by atoms with Crippen molar-refractivity contribution < 1.29 is 0 Å². The van der Waals surface area contributed by atoms with Crippen LogP contribution < -0.4 is 5.84 Å². The van der Waals surface area contributed by atoms with E-state index >= 15 is 0 Å². The largest absolute Gasteiger partial charge is 0.335 e. The Morgan fingerprint density at radius 1 is 1.16 bits per heavy atom. The monoisotopic (exact) mass is 292 g/mol. The summed E-state index contributed by atoms with van der Waals surface area (Å²) in [5, 5.41) is 10.3. The molecule has 1 heterocycles. The molecule has 1 aromatic carbocycles. The van der Waals surface area contributed by atoms with Crippen LogP contribution in [0.15, 0.2) is 29.4 Å². The van der Waals surface area contributed by atoms with Gasteiger partial charge in [0.25, 0.3) is 0 Å². The molecule has 0 saturated heterocycles. The molecule has 6 heteroatoms. The van der Waals surface area contributed by atoms with E-state index in [-0.39, 0.29) is 0 Å². The van der Waals surface area contributed by atoms with E-state index in [1.54, 1.807) is 16.4 Å². The summed E-state index contributed by atoms with van der Waals surface area (Å²) >= 11 is 1.70. The standard InChI is InChI=1S/C13H20N4SSi/c1-10-5-7-11(8-6-10)12-15-16-13(17(12)14)18-9-19(2,3)4/h5-8H,9,14H2,1-4H3. The van der Waals surface area contributed by atoms with Gasteiger partial charge in [0.1, 0.15) is 0 Å². The first kappa shape index (κ1) is 14.1. The van der Waals surface area contributed by atoms with E-state index in [1.165, 1.54) is 5.56 Å². The van der Waals surface area contributed by atoms with Gasteiger partial charge in [0.2, 0.25) is 5.16 Å². The quantitative estimate of drug-likeness (QED) is 0.535. The molecule has 2 N–H and O–H groups in total. The molecule has 2 rings (SSSR count). The zero-order valence-corrected chi connectivity index (χ0v) is 13.7. The summed E-state index contributed by atoms with van der Waals surface area (Å²) in [6.07, 6.45) is 0. The summed E-state index contributed by atoms with van der Waals surface area (Å²) in [6, 6.07) is 8.16. The number of aryl methyl sites for hydroxylation is 1. The lowest BCUT2D eigenvalue weighted by molar-refractivity contribution is 0.851. The van der Waals surface area contributed by atoms with Gasteiger partial charge in [0, 0.05) is 5.56 Å². The Morgan fingerprint density at radius 3 is 2.37 bits per heavy atom. The number of aromatic nitrogens is 3. The summed E-state index contributed by atoms with van der Waals surface area (Å²) in [6.45, 7) is 9.06. The molecule has 4 nitrogen and oxygen atoms in total. The second kappa shape index (κ2) is 5.38. The number of benzene rings is 1. The first-order valence-electron chi connectivity index (χ1n) is 6.27. The molecule has 0 aliphatic heterocycles. The molecule has 2 aromatic rings. The smallest absolute Gasteiger partial charge is 0.209 e. The van der Waals surface area contributed by atoms with E-state index in [4.69, 9.17) is 5.84 Å². The number of thioether (sulfide) groups is 1. The van der Waals surface area contributed by atoms with Gasteiger partial charge >= 0.3 is 0 Å². The SMILES string of the molecule is Cc1ccc(-c2nnc(SC[Si](C)(C)C)n2N)cc1. The molecule has 0 fully saturated rings. The van der Waals surface area contributed by atoms with Crippen LogP contribution in [0, 0.1) is 6.92 Å². The van der Waals surface area contributed by atoms with Gasteiger partial charge in [0.15, 0.2) is 5.82 Å². The van der Waals surface area contributed by atoms with Gasteiger partial charge in [-0.3, -0.25) is 0 Å². The summed E-state index contributed by atoms with van der Waals surface area (Å²) < 4.78 is 1.59. The van der Waals surface area contributed by atoms with Crippen LogP contribution in [-0.2, 0) is 0 Å². The van der Waals surface area contributed by atoms with E-state index in [0.717, 1.165) is 21.9 Å². The van der Waals surface area contributed by atoms with Gasteiger partial charge in [0.05, 0.1) is 8.07 Å². The maximum Gasteiger partial charge on any atom is 0.209 e. The minimum Gasteiger partial charge on any atom is -0.335 e. The summed E-state index contributed by atoms with van der Waals surface area (Å²) in [4.78, 5) is 0. The molecule has 0 aliphatic carbocycles. The Balaban J connectivity index is 2.20. The van der Waals surface area contributed by atoms with Gasteiger partial charge in [-0.2, -0.15) is 0 Å². The summed E-state index contributed by atoms with van der Waals surface area (Å²) in [5.41, 5.74) is 2.22. The molecule has 1 aromatic heterocycles. The van der Waals surface area contributed by atoms with Crippen molar-refractivity contribution in [2.75, 3.05) is 11.2 Å². The van der Waals surface area contributed by atoms with Gasteiger partial charge in [-0.1, -0.05) is 61.2 Å². The molecule has 0 radical (unpaired) electrons. The Bertz CT molecular complexity index is 557. The Morgan fingerprint density at radius 2 is 1.79 bits per heavy atom. The van der Waals surface area contributed by atoms with Gasteiger partial charge < -0.3 is 5.84 Å². The van der Waals surface area contributed by atoms with Crippen LogP contribution in [-0.4, -0.2) is 28.3 Å². The van der Waals surface area contributed by atoms with E-state index in [1.807, 2.05) is 12.1 Å². The van der Waals surface area contributed by atoms with Gasteiger partial charge in [-0.25, -0.2) is 4.68 Å². The second-order valence-electron chi connectivity index (χ2n) is 5.89. The molecule has 0 unspecified atom stereocenters. The van der Waals surface area contributed by atoms with E-state index in [9.17, 15) is 0 Å². The molecule has 0 bridgehead atoms. The van der Waals surface area contributed by atoms with Crippen LogP contribution in [0.1, 0.15) is 5.56 Å². The second-order valence-corrected chi connectivity index (χ2v) is 12.8. The van der Waals surface area contributed by atoms with Gasteiger partial charge in [-0.15, -0.1) is 10.2 Å². The Labute approximate surface area is 119 Å². The lowest BCUT2D eigenvalue weighted by Crippen LogP contribution is -2.24. The van der Waals surface area contributed by atoms with Crippen molar-refractivity contribution in [2.24, 2.45) is 0 Å². The van der Waals surface area contributed by atoms with Crippen molar-refractivity contribution in [1.29, 1.82) is 0 Å². The minimum atomic E-state index is -1.11. The van der Waals surface area contributed by atoms with Crippen molar-refractivity contribution >= 4 is 19.8 Å². The van der Waals surface area contributed by atoms with Crippen molar-refractivity contribution in [2.45, 2.75) is 31.7 Å². The fourth-order valence-corrected chi connectivity index (χ4v) is 4.13. The highest BCUT2D eigenvalue weighted by molar-refractivity contribution is 8.00. The van der Waals surface area contributed by atoms with Crippen LogP contribution in [0.25, 0.3) is 11.4 Å². The van der Waals surface area contributed by atoms with E-state index in [2.05, 4.69) is 48.9 Å². The number of hydrogen-bond acceptors (Lipinski definition) is 4. The molecule has 102 valence electrons. The highest BCUT2D eigenvalue weighted by Crippen LogP contribution is 2.23. The van der Waals surface area contributed by atoms with E-state index < -0.39 is 8.07 Å². The van der Waals surface area contributed by atoms with Crippen LogP contribution in [0.5, 0.6) is 0 Å². The minimum absolute atomic E-state index is 0.720. The fourth-order valence-electron chi connectivity index (χ4n) is 1.56. The highest BCUT2D eigenvalue weighted by atomic mass is 32.2. The molecular formula is C13H20N4SSi. The first-order valence-corrected chi connectivity index (χ1v) is 11.0. The molecular weight excluding hydrogens is 272 g/mol. The van der Waals surface area contributed by atoms with Crippen LogP contribution in [0.4, 0.5) is 0 Å². The van der Waals surface area contributed by atoms with Crippen LogP contribution >= 0.6 is 11.8 Å². The third-order valence-electron chi connectivity index (χ3n) is 2.61. The average Bonchev–Trinajstić information content (AvgIpc) is 2.68. The number of nitrogen functional groups attached to an aromatic ring is 1. The van der Waals surface area contributed by atoms with Crippen LogP contribution in [0.3, 0.4) is 0 Å². The maximum absolute atomic E-state index is 6.09. The average molecular weight is 292 g/mol. The van der Waals surface area contributed by atoms with Gasteiger partial charge in [-0.05, 0) is 12.3 Å². The topological polar surface area (TPSA) is 56.7 Å². The fraction of sp³-hybridized carbons (Fsp3) is 0.385. The molecule has 0 saturated carbocycles. The molecule has 0 aliphatic rings. The molecule has 19 heavy (non-hydrogen) atoms. The number of nitrogens with two attached hydrogens (primary N) is 1. The Kier molecular flexibility index (Phi) is 4.01. The summed E-state index contributed by atoms with van der Waals surface area (Å²) in [5.74, 6) is 6.81.